The van der Waals surface area contributed by atoms with Crippen LogP contribution in [0, 0.1) is 12.3 Å². The Bertz CT molecular complexity index is 402. The van der Waals surface area contributed by atoms with E-state index in [2.05, 4.69) is 10.5 Å². The number of hydrogen-bond donors (Lipinski definition) is 2. The number of carbonyl (C=O) groups is 1. The maximum atomic E-state index is 12.0. The molecule has 0 aliphatic carbocycles. The number of hydrogen-bond acceptors (Lipinski definition) is 4. The number of amides is 1. The van der Waals surface area contributed by atoms with Crippen LogP contribution in [0.15, 0.2) is 10.6 Å². The number of nitrogens with zero attached hydrogens (tertiary/aromatic N) is 1. The zero-order valence-corrected chi connectivity index (χ0v) is 11.1. The molecule has 5 heteroatoms. The van der Waals surface area contributed by atoms with Crippen LogP contribution in [-0.2, 0) is 11.3 Å². The molecule has 0 aliphatic heterocycles. The van der Waals surface area contributed by atoms with Crippen molar-refractivity contribution in [2.75, 3.05) is 0 Å². The lowest BCUT2D eigenvalue weighted by atomic mass is 9.74. The van der Waals surface area contributed by atoms with Crippen LogP contribution in [-0.4, -0.2) is 16.6 Å². The van der Waals surface area contributed by atoms with E-state index in [0.717, 1.165) is 5.76 Å². The van der Waals surface area contributed by atoms with Crippen LogP contribution in [0.3, 0.4) is 0 Å². The number of nitrogens with one attached hydrogen (secondary N) is 1. The van der Waals surface area contributed by atoms with Crippen molar-refractivity contribution in [3.05, 3.63) is 17.5 Å². The maximum Gasteiger partial charge on any atom is 0.227 e. The molecular formula is C12H21N3O2. The van der Waals surface area contributed by atoms with Crippen molar-refractivity contribution in [3.63, 3.8) is 0 Å². The summed E-state index contributed by atoms with van der Waals surface area (Å²) in [5.74, 6) is 0.637. The summed E-state index contributed by atoms with van der Waals surface area (Å²) in [7, 11) is 0. The third-order valence-corrected chi connectivity index (χ3v) is 3.29. The van der Waals surface area contributed by atoms with Gasteiger partial charge in [-0.2, -0.15) is 0 Å². The molecule has 96 valence electrons. The highest BCUT2D eigenvalue weighted by molar-refractivity contribution is 5.83. The molecule has 1 rings (SSSR count). The van der Waals surface area contributed by atoms with Crippen molar-refractivity contribution in [1.29, 1.82) is 0 Å². The second-order valence-corrected chi connectivity index (χ2v) is 5.46. The molecule has 3 N–H and O–H groups in total. The van der Waals surface area contributed by atoms with Crippen molar-refractivity contribution >= 4 is 5.91 Å². The minimum Gasteiger partial charge on any atom is -0.361 e. The molecule has 0 fully saturated rings. The molecule has 5 nitrogen and oxygen atoms in total. The van der Waals surface area contributed by atoms with Crippen molar-refractivity contribution in [3.8, 4) is 0 Å². The fourth-order valence-electron chi connectivity index (χ4n) is 1.19. The summed E-state index contributed by atoms with van der Waals surface area (Å²) in [5.41, 5.74) is 5.47. The Hall–Kier alpha value is -1.36. The third kappa shape index (κ3) is 3.06. The fraction of sp³-hybridized carbons (Fsp3) is 0.667. The molecule has 0 spiro atoms. The van der Waals surface area contributed by atoms with E-state index in [9.17, 15) is 4.79 Å². The van der Waals surface area contributed by atoms with E-state index < -0.39 is 11.0 Å². The second kappa shape index (κ2) is 4.49. The molecule has 1 aromatic rings. The van der Waals surface area contributed by atoms with Crippen LogP contribution in [0.5, 0.6) is 0 Å². The van der Waals surface area contributed by atoms with Gasteiger partial charge in [-0.15, -0.1) is 0 Å². The molecule has 0 unspecified atom stereocenters. The monoisotopic (exact) mass is 239 g/mol. The minimum atomic E-state index is -0.647. The van der Waals surface area contributed by atoms with Gasteiger partial charge in [-0.3, -0.25) is 4.79 Å². The van der Waals surface area contributed by atoms with Gasteiger partial charge < -0.3 is 15.6 Å². The lowest BCUT2D eigenvalue weighted by molar-refractivity contribution is -0.132. The Labute approximate surface area is 102 Å². The van der Waals surface area contributed by atoms with Gasteiger partial charge in [0.15, 0.2) is 0 Å². The number of carbonyl (C=O) groups excluding carboxylic acids is 1. The van der Waals surface area contributed by atoms with Gasteiger partial charge in [0, 0.05) is 11.6 Å². The number of aryl methyl sites for hydroxylation is 1. The quantitative estimate of drug-likeness (QED) is 0.831. The average molecular weight is 239 g/mol. The third-order valence-electron chi connectivity index (χ3n) is 3.29. The summed E-state index contributed by atoms with van der Waals surface area (Å²) >= 11 is 0. The van der Waals surface area contributed by atoms with Crippen LogP contribution < -0.4 is 11.1 Å². The molecule has 0 radical (unpaired) electrons. The lowest BCUT2D eigenvalue weighted by Crippen LogP contribution is -2.55. The van der Waals surface area contributed by atoms with Gasteiger partial charge in [-0.1, -0.05) is 5.16 Å². The molecule has 1 heterocycles. The molecule has 0 saturated carbocycles. The SMILES string of the molecule is Cc1cc(CNC(=O)C(C)(C)C(C)(C)N)no1. The normalized spacial score (nSPS) is 12.6. The average Bonchev–Trinajstić information content (AvgIpc) is 2.58. The first-order valence-electron chi connectivity index (χ1n) is 5.64. The van der Waals surface area contributed by atoms with Gasteiger partial charge in [-0.25, -0.2) is 0 Å². The van der Waals surface area contributed by atoms with Gasteiger partial charge in [-0.05, 0) is 34.6 Å². The van der Waals surface area contributed by atoms with E-state index in [-0.39, 0.29) is 5.91 Å². The standard InChI is InChI=1S/C12H21N3O2/c1-8-6-9(15-17-8)7-14-10(16)11(2,3)12(4,5)13/h6H,7,13H2,1-5H3,(H,14,16). The molecule has 0 bridgehead atoms. The summed E-state index contributed by atoms with van der Waals surface area (Å²) in [4.78, 5) is 12.0. The minimum absolute atomic E-state index is 0.0920. The smallest absolute Gasteiger partial charge is 0.227 e. The topological polar surface area (TPSA) is 81.2 Å². The van der Waals surface area contributed by atoms with Crippen LogP contribution in [0.4, 0.5) is 0 Å². The first kappa shape index (κ1) is 13.7. The number of nitrogens with two attached hydrogens (primary N) is 1. The Balaban J connectivity index is 2.61. The van der Waals surface area contributed by atoms with E-state index in [4.69, 9.17) is 10.3 Å². The molecule has 17 heavy (non-hydrogen) atoms. The van der Waals surface area contributed by atoms with E-state index in [1.165, 1.54) is 0 Å². The van der Waals surface area contributed by atoms with Gasteiger partial charge in [0.25, 0.3) is 0 Å². The Morgan fingerprint density at radius 3 is 2.47 bits per heavy atom. The summed E-state index contributed by atoms with van der Waals surface area (Å²) in [5, 5.41) is 6.63. The highest BCUT2D eigenvalue weighted by Crippen LogP contribution is 2.28. The number of aromatic nitrogens is 1. The van der Waals surface area contributed by atoms with Crippen molar-refractivity contribution in [1.82, 2.24) is 10.5 Å². The predicted molar refractivity (Wildman–Crippen MR) is 65.1 cm³/mol. The van der Waals surface area contributed by atoms with Crippen molar-refractivity contribution < 1.29 is 9.32 Å². The van der Waals surface area contributed by atoms with E-state index in [1.54, 1.807) is 6.07 Å². The van der Waals surface area contributed by atoms with Crippen molar-refractivity contribution in [2.24, 2.45) is 11.1 Å². The number of rotatable bonds is 4. The fourth-order valence-corrected chi connectivity index (χ4v) is 1.19. The Morgan fingerprint density at radius 1 is 1.47 bits per heavy atom. The largest absolute Gasteiger partial charge is 0.361 e. The highest BCUT2D eigenvalue weighted by atomic mass is 16.5. The second-order valence-electron chi connectivity index (χ2n) is 5.46. The lowest BCUT2D eigenvalue weighted by Gasteiger charge is -2.36. The molecule has 1 amide bonds. The van der Waals surface area contributed by atoms with Gasteiger partial charge in [0.2, 0.25) is 5.91 Å². The van der Waals surface area contributed by atoms with E-state index in [1.807, 2.05) is 34.6 Å². The molecule has 0 atom stereocenters. The first-order valence-corrected chi connectivity index (χ1v) is 5.64. The van der Waals surface area contributed by atoms with Crippen molar-refractivity contribution in [2.45, 2.75) is 46.7 Å². The summed E-state index contributed by atoms with van der Waals surface area (Å²) < 4.78 is 4.92. The molecule has 1 aromatic heterocycles. The molecule has 0 saturated heterocycles. The Kier molecular flexibility index (Phi) is 3.62. The zero-order valence-electron chi connectivity index (χ0n) is 11.1. The van der Waals surface area contributed by atoms with E-state index >= 15 is 0 Å². The predicted octanol–water partition coefficient (Wildman–Crippen LogP) is 1.36. The summed E-state index contributed by atoms with van der Waals surface area (Å²) in [6.07, 6.45) is 0. The van der Waals surface area contributed by atoms with Crippen LogP contribution in [0.25, 0.3) is 0 Å². The van der Waals surface area contributed by atoms with Crippen LogP contribution >= 0.6 is 0 Å². The Morgan fingerprint density at radius 2 is 2.06 bits per heavy atom. The van der Waals surface area contributed by atoms with Crippen LogP contribution in [0.2, 0.25) is 0 Å². The van der Waals surface area contributed by atoms with Gasteiger partial charge in [0.05, 0.1) is 12.0 Å². The molecular weight excluding hydrogens is 218 g/mol. The van der Waals surface area contributed by atoms with E-state index in [0.29, 0.717) is 12.2 Å². The molecule has 0 aromatic carbocycles. The van der Waals surface area contributed by atoms with Gasteiger partial charge in [0.1, 0.15) is 11.5 Å². The maximum absolute atomic E-state index is 12.0. The summed E-state index contributed by atoms with van der Waals surface area (Å²) in [6.45, 7) is 9.51. The molecule has 0 aliphatic rings. The summed E-state index contributed by atoms with van der Waals surface area (Å²) in [6, 6.07) is 1.79. The highest BCUT2D eigenvalue weighted by Gasteiger charge is 2.40. The van der Waals surface area contributed by atoms with Gasteiger partial charge >= 0.3 is 0 Å². The zero-order chi connectivity index (χ0) is 13.3. The first-order chi connectivity index (χ1) is 7.64. The van der Waals surface area contributed by atoms with Crippen LogP contribution in [0.1, 0.15) is 39.1 Å².